The molecule has 0 aromatic heterocycles. The van der Waals surface area contributed by atoms with E-state index in [9.17, 15) is 18.4 Å². The van der Waals surface area contributed by atoms with Crippen molar-refractivity contribution in [2.45, 2.75) is 0 Å². The van der Waals surface area contributed by atoms with Crippen molar-refractivity contribution in [2.24, 2.45) is 0 Å². The first-order valence-electron chi connectivity index (χ1n) is 10.4. The molecule has 0 saturated carbocycles. The molecule has 0 aliphatic carbocycles. The Bertz CT molecular complexity index is 1340. The fraction of sp³-hybridized carbons (Fsp3) is 0. The second-order valence-corrected chi connectivity index (χ2v) is 14.3. The minimum absolute atomic E-state index is 0.108. The summed E-state index contributed by atoms with van der Waals surface area (Å²) in [4.78, 5) is 25.9. The summed E-state index contributed by atoms with van der Waals surface area (Å²) in [6.45, 7) is 0. The van der Waals surface area contributed by atoms with Crippen LogP contribution in [0.1, 0.15) is 20.7 Å². The second-order valence-electron chi connectivity index (χ2n) is 7.32. The zero-order valence-corrected chi connectivity index (χ0v) is 23.2. The van der Waals surface area contributed by atoms with Crippen LogP contribution in [0.3, 0.4) is 0 Å². The predicted molar refractivity (Wildman–Crippen MR) is 142 cm³/mol. The summed E-state index contributed by atoms with van der Waals surface area (Å²) in [5, 5.41) is 5.69. The Kier molecular flexibility index (Phi) is 8.81. The van der Waals surface area contributed by atoms with Crippen LogP contribution in [0.5, 0.6) is 0 Å². The van der Waals surface area contributed by atoms with Crippen molar-refractivity contribution in [3.8, 4) is 0 Å². The molecule has 0 heterocycles. The zero-order valence-electron chi connectivity index (χ0n) is 18.2. The van der Waals surface area contributed by atoms with E-state index in [-0.39, 0.29) is 48.1 Å². The molecule has 0 atom stereocenters. The molecule has 0 fully saturated rings. The molecule has 4 rings (SSSR count). The van der Waals surface area contributed by atoms with Gasteiger partial charge in [-0.2, -0.15) is 0 Å². The number of hydrogen-bond acceptors (Lipinski definition) is 2. The normalized spacial score (nSPS) is 10.7. The standard InChI is InChI=1S/C26H16Cl2F2N2O2Se2/c27-19-13-15(29)9-11-21(19)31-25(33)17-5-1-3-7-23(17)35-36-24-8-4-2-6-18(24)26(34)32-22-12-10-16(30)14-20(22)28/h1-14H,(H,31,33)(H,32,34). The van der Waals surface area contributed by atoms with Gasteiger partial charge in [0.1, 0.15) is 0 Å². The quantitative estimate of drug-likeness (QED) is 0.274. The molecule has 0 spiro atoms. The Hall–Kier alpha value is -2.70. The van der Waals surface area contributed by atoms with E-state index in [1.807, 2.05) is 24.3 Å². The van der Waals surface area contributed by atoms with Crippen LogP contribution < -0.4 is 19.6 Å². The van der Waals surface area contributed by atoms with Crippen LogP contribution in [0.15, 0.2) is 84.9 Å². The summed E-state index contributed by atoms with van der Waals surface area (Å²) in [6, 6.07) is 22.0. The van der Waals surface area contributed by atoms with E-state index in [0.717, 1.165) is 21.1 Å². The molecule has 10 heteroatoms. The SMILES string of the molecule is O=C(Nc1ccc(F)cc1Cl)c1ccccc1[Se][Se]c1ccccc1C(=O)Nc1ccc(F)cc1Cl. The Morgan fingerprint density at radius 3 is 1.39 bits per heavy atom. The van der Waals surface area contributed by atoms with Crippen molar-refractivity contribution in [2.75, 3.05) is 10.6 Å². The number of benzene rings is 4. The molecular weight excluding hydrogens is 639 g/mol. The van der Waals surface area contributed by atoms with Crippen LogP contribution in [-0.2, 0) is 0 Å². The first kappa shape index (κ1) is 26.4. The average molecular weight is 655 g/mol. The predicted octanol–water partition coefficient (Wildman–Crippen LogP) is 5.05. The molecule has 0 bridgehead atoms. The number of carbonyl (C=O) groups is 2. The van der Waals surface area contributed by atoms with Gasteiger partial charge in [0.2, 0.25) is 0 Å². The van der Waals surface area contributed by atoms with Gasteiger partial charge in [0.05, 0.1) is 0 Å². The van der Waals surface area contributed by atoms with E-state index in [2.05, 4.69) is 10.6 Å². The molecule has 2 N–H and O–H groups in total. The first-order chi connectivity index (χ1) is 17.3. The van der Waals surface area contributed by atoms with E-state index in [0.29, 0.717) is 22.5 Å². The number of hydrogen-bond donors (Lipinski definition) is 2. The first-order valence-corrected chi connectivity index (χ1v) is 17.2. The van der Waals surface area contributed by atoms with Gasteiger partial charge < -0.3 is 0 Å². The van der Waals surface area contributed by atoms with Crippen molar-refractivity contribution in [1.82, 2.24) is 0 Å². The molecule has 4 nitrogen and oxygen atoms in total. The van der Waals surface area contributed by atoms with E-state index >= 15 is 0 Å². The maximum atomic E-state index is 13.3. The summed E-state index contributed by atoms with van der Waals surface area (Å²) < 4.78 is 28.4. The zero-order chi connectivity index (χ0) is 25.7. The van der Waals surface area contributed by atoms with Crippen LogP contribution in [0, 0.1) is 11.6 Å². The van der Waals surface area contributed by atoms with E-state index in [4.69, 9.17) is 23.2 Å². The van der Waals surface area contributed by atoms with Gasteiger partial charge in [-0.05, 0) is 0 Å². The number of carbonyl (C=O) groups excluding carboxylic acids is 2. The number of nitrogens with one attached hydrogen (secondary N) is 2. The molecule has 2 amide bonds. The van der Waals surface area contributed by atoms with Crippen molar-refractivity contribution in [3.63, 3.8) is 0 Å². The third kappa shape index (κ3) is 6.54. The molecule has 0 unspecified atom stereocenters. The van der Waals surface area contributed by atoms with Crippen LogP contribution in [0.2, 0.25) is 10.0 Å². The molecular formula is C26H16Cl2F2N2O2Se2. The van der Waals surface area contributed by atoms with Crippen LogP contribution >= 0.6 is 23.2 Å². The molecule has 182 valence electrons. The molecule has 0 aliphatic rings. The summed E-state index contributed by atoms with van der Waals surface area (Å²) in [6.07, 6.45) is 0. The number of amides is 2. The molecule has 0 aliphatic heterocycles. The molecule has 0 radical (unpaired) electrons. The third-order valence-electron chi connectivity index (χ3n) is 4.84. The fourth-order valence-corrected chi connectivity index (χ4v) is 10.7. The van der Waals surface area contributed by atoms with Gasteiger partial charge in [0, 0.05) is 0 Å². The van der Waals surface area contributed by atoms with Gasteiger partial charge in [-0.3, -0.25) is 0 Å². The summed E-state index contributed by atoms with van der Waals surface area (Å²) in [5.74, 6) is -1.69. The van der Waals surface area contributed by atoms with Gasteiger partial charge >= 0.3 is 228 Å². The number of anilines is 2. The van der Waals surface area contributed by atoms with Crippen LogP contribution in [0.25, 0.3) is 0 Å². The van der Waals surface area contributed by atoms with Gasteiger partial charge in [0.25, 0.3) is 0 Å². The van der Waals surface area contributed by atoms with Crippen LogP contribution in [-0.4, -0.2) is 38.1 Å². The third-order valence-corrected chi connectivity index (χ3v) is 12.7. The average Bonchev–Trinajstić information content (AvgIpc) is 2.86. The van der Waals surface area contributed by atoms with E-state index in [1.54, 1.807) is 24.3 Å². The molecule has 36 heavy (non-hydrogen) atoms. The maximum absolute atomic E-state index is 13.3. The number of halogens is 4. The van der Waals surface area contributed by atoms with Gasteiger partial charge in [0.15, 0.2) is 0 Å². The minimum atomic E-state index is -0.492. The number of rotatable bonds is 7. The van der Waals surface area contributed by atoms with Gasteiger partial charge in [-0.1, -0.05) is 0 Å². The van der Waals surface area contributed by atoms with Crippen molar-refractivity contribution >= 4 is 81.6 Å². The van der Waals surface area contributed by atoms with Gasteiger partial charge in [-0.15, -0.1) is 0 Å². The van der Waals surface area contributed by atoms with E-state index in [1.165, 1.54) is 24.3 Å². The van der Waals surface area contributed by atoms with Crippen molar-refractivity contribution < 1.29 is 18.4 Å². The molecule has 4 aromatic rings. The van der Waals surface area contributed by atoms with Crippen molar-refractivity contribution in [3.05, 3.63) is 118 Å². The fourth-order valence-electron chi connectivity index (χ4n) is 3.10. The molecule has 0 saturated heterocycles. The Morgan fingerprint density at radius 2 is 1.00 bits per heavy atom. The molecule has 4 aromatic carbocycles. The van der Waals surface area contributed by atoms with Crippen molar-refractivity contribution in [1.29, 1.82) is 0 Å². The summed E-state index contributed by atoms with van der Waals surface area (Å²) in [5.41, 5.74) is 1.61. The Morgan fingerprint density at radius 1 is 0.611 bits per heavy atom. The topological polar surface area (TPSA) is 58.2 Å². The summed E-state index contributed by atoms with van der Waals surface area (Å²) in [7, 11) is 0. The second kappa shape index (κ2) is 12.0. The van der Waals surface area contributed by atoms with Gasteiger partial charge in [-0.25, -0.2) is 0 Å². The monoisotopic (exact) mass is 656 g/mol. The Labute approximate surface area is 227 Å². The van der Waals surface area contributed by atoms with E-state index < -0.39 is 11.6 Å². The Balaban J connectivity index is 1.50. The van der Waals surface area contributed by atoms with Crippen LogP contribution in [0.4, 0.5) is 20.2 Å². The summed E-state index contributed by atoms with van der Waals surface area (Å²) >= 11 is 11.8.